The maximum absolute atomic E-state index is 12.2. The van der Waals surface area contributed by atoms with E-state index in [0.717, 1.165) is 24.9 Å². The highest BCUT2D eigenvalue weighted by Crippen LogP contribution is 2.16. The Hall–Kier alpha value is -1.10. The molecule has 0 spiro atoms. The number of halogens is 1. The predicted octanol–water partition coefficient (Wildman–Crippen LogP) is 2.52. The Morgan fingerprint density at radius 2 is 2.14 bits per heavy atom. The van der Waals surface area contributed by atoms with Gasteiger partial charge in [-0.15, -0.1) is 12.4 Å². The summed E-state index contributed by atoms with van der Waals surface area (Å²) in [6, 6.07) is 10.6. The van der Waals surface area contributed by atoms with Gasteiger partial charge >= 0.3 is 0 Å². The van der Waals surface area contributed by atoms with Gasteiger partial charge in [0.05, 0.1) is 13.2 Å². The van der Waals surface area contributed by atoms with E-state index in [1.54, 1.807) is 0 Å². The first-order chi connectivity index (χ1) is 10.1. The molecular formula is C17H27ClN2O2. The quantitative estimate of drug-likeness (QED) is 0.844. The standard InChI is InChI=1S/C17H26N2O2.ClH/c1-13-10-16(8-9-18-13)17(20)19-14(2)11-21-12-15-6-4-3-5-7-15;/h3-7,13-14,16,18H,8-12H2,1-2H3,(H,19,20);1H/t13-,14?,16-;/m0./s1. The highest BCUT2D eigenvalue weighted by molar-refractivity contribution is 5.85. The van der Waals surface area contributed by atoms with Crippen LogP contribution in [0.15, 0.2) is 30.3 Å². The summed E-state index contributed by atoms with van der Waals surface area (Å²) in [5.41, 5.74) is 1.16. The van der Waals surface area contributed by atoms with Gasteiger partial charge < -0.3 is 15.4 Å². The number of amides is 1. The SMILES string of the molecule is CC(COCc1ccccc1)NC(=O)[C@H]1CCN[C@@H](C)C1.Cl. The molecular weight excluding hydrogens is 300 g/mol. The molecule has 2 N–H and O–H groups in total. The number of carbonyl (C=O) groups is 1. The third-order valence-electron chi connectivity index (χ3n) is 3.86. The molecule has 1 aliphatic heterocycles. The molecule has 0 bridgehead atoms. The number of rotatable bonds is 6. The summed E-state index contributed by atoms with van der Waals surface area (Å²) in [5.74, 6) is 0.303. The first-order valence-electron chi connectivity index (χ1n) is 7.80. The molecule has 0 aromatic heterocycles. The van der Waals surface area contributed by atoms with Crippen molar-refractivity contribution in [1.29, 1.82) is 0 Å². The Balaban J connectivity index is 0.00000242. The Morgan fingerprint density at radius 1 is 1.41 bits per heavy atom. The van der Waals surface area contributed by atoms with Crippen LogP contribution < -0.4 is 10.6 Å². The molecule has 2 rings (SSSR count). The second-order valence-electron chi connectivity index (χ2n) is 5.99. The minimum absolute atomic E-state index is 0. The van der Waals surface area contributed by atoms with Crippen molar-refractivity contribution >= 4 is 18.3 Å². The topological polar surface area (TPSA) is 50.4 Å². The molecule has 4 nitrogen and oxygen atoms in total. The zero-order chi connectivity index (χ0) is 15.1. The van der Waals surface area contributed by atoms with Crippen molar-refractivity contribution in [3.8, 4) is 0 Å². The van der Waals surface area contributed by atoms with Gasteiger partial charge in [-0.05, 0) is 38.8 Å². The number of ether oxygens (including phenoxy) is 1. The van der Waals surface area contributed by atoms with Crippen molar-refractivity contribution in [3.05, 3.63) is 35.9 Å². The monoisotopic (exact) mass is 326 g/mol. The maximum atomic E-state index is 12.2. The van der Waals surface area contributed by atoms with Crippen LogP contribution in [0, 0.1) is 5.92 Å². The number of hydrogen-bond donors (Lipinski definition) is 2. The van der Waals surface area contributed by atoms with Crippen molar-refractivity contribution in [3.63, 3.8) is 0 Å². The van der Waals surface area contributed by atoms with Crippen LogP contribution in [0.5, 0.6) is 0 Å². The Labute approximate surface area is 139 Å². The van der Waals surface area contributed by atoms with E-state index in [2.05, 4.69) is 17.6 Å². The predicted molar refractivity (Wildman–Crippen MR) is 91.1 cm³/mol. The summed E-state index contributed by atoms with van der Waals surface area (Å²) in [6.45, 7) is 6.18. The highest BCUT2D eigenvalue weighted by atomic mass is 35.5. The Kier molecular flexibility index (Phi) is 8.46. The van der Waals surface area contributed by atoms with Crippen molar-refractivity contribution in [2.24, 2.45) is 5.92 Å². The van der Waals surface area contributed by atoms with Crippen LogP contribution in [0.1, 0.15) is 32.3 Å². The van der Waals surface area contributed by atoms with Crippen molar-refractivity contribution in [2.75, 3.05) is 13.2 Å². The summed E-state index contributed by atoms with van der Waals surface area (Å²) in [5, 5.41) is 6.43. The van der Waals surface area contributed by atoms with Gasteiger partial charge in [-0.3, -0.25) is 4.79 Å². The van der Waals surface area contributed by atoms with Crippen molar-refractivity contribution < 1.29 is 9.53 Å². The fraction of sp³-hybridized carbons (Fsp3) is 0.588. The summed E-state index contributed by atoms with van der Waals surface area (Å²) in [6.07, 6.45) is 1.84. The molecule has 1 unspecified atom stereocenters. The number of carbonyl (C=O) groups excluding carboxylic acids is 1. The van der Waals surface area contributed by atoms with Gasteiger partial charge in [0.15, 0.2) is 0 Å². The molecule has 0 aliphatic carbocycles. The van der Waals surface area contributed by atoms with Crippen LogP contribution in [-0.4, -0.2) is 31.1 Å². The lowest BCUT2D eigenvalue weighted by Gasteiger charge is -2.28. The molecule has 1 aromatic carbocycles. The molecule has 0 saturated carbocycles. The molecule has 1 aromatic rings. The number of hydrogen-bond acceptors (Lipinski definition) is 3. The molecule has 1 aliphatic rings. The minimum atomic E-state index is 0. The van der Waals surface area contributed by atoms with Crippen LogP contribution >= 0.6 is 12.4 Å². The summed E-state index contributed by atoms with van der Waals surface area (Å²) < 4.78 is 5.66. The van der Waals surface area contributed by atoms with E-state index in [1.807, 2.05) is 37.3 Å². The highest BCUT2D eigenvalue weighted by Gasteiger charge is 2.25. The summed E-state index contributed by atoms with van der Waals surface area (Å²) in [7, 11) is 0. The molecule has 3 atom stereocenters. The van der Waals surface area contributed by atoms with Gasteiger partial charge in [0.1, 0.15) is 0 Å². The molecule has 1 heterocycles. The molecule has 5 heteroatoms. The Morgan fingerprint density at radius 3 is 2.82 bits per heavy atom. The van der Waals surface area contributed by atoms with Crippen molar-refractivity contribution in [2.45, 2.75) is 45.4 Å². The van der Waals surface area contributed by atoms with E-state index in [-0.39, 0.29) is 30.3 Å². The van der Waals surface area contributed by atoms with Gasteiger partial charge in [-0.1, -0.05) is 30.3 Å². The molecule has 1 fully saturated rings. The summed E-state index contributed by atoms with van der Waals surface area (Å²) >= 11 is 0. The molecule has 22 heavy (non-hydrogen) atoms. The third-order valence-corrected chi connectivity index (χ3v) is 3.86. The lowest BCUT2D eigenvalue weighted by Crippen LogP contribution is -2.45. The first-order valence-corrected chi connectivity index (χ1v) is 7.80. The average Bonchev–Trinajstić information content (AvgIpc) is 2.48. The zero-order valence-electron chi connectivity index (χ0n) is 13.4. The van der Waals surface area contributed by atoms with Crippen LogP contribution in [-0.2, 0) is 16.1 Å². The largest absolute Gasteiger partial charge is 0.375 e. The normalized spacial score (nSPS) is 22.5. The fourth-order valence-corrected chi connectivity index (χ4v) is 2.70. The Bertz CT molecular complexity index is 442. The fourth-order valence-electron chi connectivity index (χ4n) is 2.70. The van der Waals surface area contributed by atoms with Crippen molar-refractivity contribution in [1.82, 2.24) is 10.6 Å². The van der Waals surface area contributed by atoms with Crippen LogP contribution in [0.25, 0.3) is 0 Å². The van der Waals surface area contributed by atoms with Crippen LogP contribution in [0.2, 0.25) is 0 Å². The van der Waals surface area contributed by atoms with Gasteiger partial charge in [-0.2, -0.15) is 0 Å². The molecule has 1 amide bonds. The van der Waals surface area contributed by atoms with Gasteiger partial charge in [-0.25, -0.2) is 0 Å². The number of nitrogens with one attached hydrogen (secondary N) is 2. The number of piperidine rings is 1. The summed E-state index contributed by atoms with van der Waals surface area (Å²) in [4.78, 5) is 12.2. The maximum Gasteiger partial charge on any atom is 0.223 e. The van der Waals surface area contributed by atoms with Gasteiger partial charge in [0, 0.05) is 18.0 Å². The minimum Gasteiger partial charge on any atom is -0.375 e. The van der Waals surface area contributed by atoms with Gasteiger partial charge in [0.2, 0.25) is 5.91 Å². The number of benzene rings is 1. The van der Waals surface area contributed by atoms with E-state index in [9.17, 15) is 4.79 Å². The van der Waals surface area contributed by atoms with Crippen LogP contribution in [0.4, 0.5) is 0 Å². The van der Waals surface area contributed by atoms with E-state index in [0.29, 0.717) is 19.3 Å². The molecule has 0 radical (unpaired) electrons. The van der Waals surface area contributed by atoms with E-state index >= 15 is 0 Å². The van der Waals surface area contributed by atoms with E-state index in [1.165, 1.54) is 0 Å². The van der Waals surface area contributed by atoms with Crippen LogP contribution in [0.3, 0.4) is 0 Å². The smallest absolute Gasteiger partial charge is 0.223 e. The second-order valence-corrected chi connectivity index (χ2v) is 5.99. The van der Waals surface area contributed by atoms with Gasteiger partial charge in [0.25, 0.3) is 0 Å². The van der Waals surface area contributed by atoms with E-state index < -0.39 is 0 Å². The third kappa shape index (κ3) is 6.34. The molecule has 1 saturated heterocycles. The first kappa shape index (κ1) is 18.9. The lowest BCUT2D eigenvalue weighted by atomic mass is 9.92. The average molecular weight is 327 g/mol. The molecule has 124 valence electrons. The zero-order valence-corrected chi connectivity index (χ0v) is 14.2. The lowest BCUT2D eigenvalue weighted by molar-refractivity contribution is -0.127. The second kappa shape index (κ2) is 9.82. The van der Waals surface area contributed by atoms with E-state index in [4.69, 9.17) is 4.74 Å².